The largest absolute Gasteiger partial charge is 0.275 e. The normalized spacial score (nSPS) is 15.2. The lowest BCUT2D eigenvalue weighted by Crippen LogP contribution is -2.39. The van der Waals surface area contributed by atoms with Gasteiger partial charge < -0.3 is 0 Å². The Kier molecular flexibility index (Phi) is 2.43. The maximum Gasteiger partial charge on any atom is 0.226 e. The van der Waals surface area contributed by atoms with Gasteiger partial charge in [-0.15, -0.1) is 0 Å². The standard InChI is InChI=1S/C9H11NO2/c1-7(11)10(8(2)12)9-5-3-4-6-9/h3-6,9H,1-2H3. The van der Waals surface area contributed by atoms with Crippen molar-refractivity contribution in [3.8, 4) is 0 Å². The van der Waals surface area contributed by atoms with Crippen molar-refractivity contribution in [3.05, 3.63) is 24.3 Å². The number of amides is 2. The van der Waals surface area contributed by atoms with Crippen LogP contribution in [-0.4, -0.2) is 22.8 Å². The number of allylic oxidation sites excluding steroid dienone is 2. The molecule has 0 saturated heterocycles. The molecule has 0 aromatic rings. The molecule has 1 aliphatic rings. The van der Waals surface area contributed by atoms with E-state index < -0.39 is 0 Å². The molecule has 0 unspecified atom stereocenters. The Morgan fingerprint density at radius 2 is 1.50 bits per heavy atom. The summed E-state index contributed by atoms with van der Waals surface area (Å²) in [6.07, 6.45) is 7.26. The van der Waals surface area contributed by atoms with Crippen molar-refractivity contribution in [3.63, 3.8) is 0 Å². The van der Waals surface area contributed by atoms with E-state index in [2.05, 4.69) is 0 Å². The minimum absolute atomic E-state index is 0.181. The number of nitrogens with zero attached hydrogens (tertiary/aromatic N) is 1. The molecule has 0 atom stereocenters. The summed E-state index contributed by atoms with van der Waals surface area (Å²) in [7, 11) is 0. The van der Waals surface area contributed by atoms with Crippen LogP contribution >= 0.6 is 0 Å². The van der Waals surface area contributed by atoms with Gasteiger partial charge in [0.05, 0.1) is 6.04 Å². The SMILES string of the molecule is CC(=O)N(C(C)=O)C1C=CC=C1. The molecule has 0 fully saturated rings. The zero-order chi connectivity index (χ0) is 9.14. The van der Waals surface area contributed by atoms with E-state index in [1.54, 1.807) is 0 Å². The summed E-state index contributed by atoms with van der Waals surface area (Å²) in [4.78, 5) is 23.2. The predicted octanol–water partition coefficient (Wildman–Crippen LogP) is 0.876. The minimum atomic E-state index is -0.219. The summed E-state index contributed by atoms with van der Waals surface area (Å²) in [5, 5.41) is 0. The molecular formula is C9H11NO2. The Hall–Kier alpha value is -1.38. The third-order valence-corrected chi connectivity index (χ3v) is 1.70. The van der Waals surface area contributed by atoms with E-state index in [0.717, 1.165) is 0 Å². The highest BCUT2D eigenvalue weighted by Gasteiger charge is 2.21. The van der Waals surface area contributed by atoms with Crippen LogP contribution in [0.1, 0.15) is 13.8 Å². The summed E-state index contributed by atoms with van der Waals surface area (Å²) in [5.74, 6) is -0.438. The highest BCUT2D eigenvalue weighted by Crippen LogP contribution is 2.09. The summed E-state index contributed by atoms with van der Waals surface area (Å²) in [5.41, 5.74) is 0. The Bertz CT molecular complexity index is 240. The number of hydrogen-bond acceptors (Lipinski definition) is 2. The van der Waals surface area contributed by atoms with Crippen molar-refractivity contribution in [2.24, 2.45) is 0 Å². The van der Waals surface area contributed by atoms with E-state index in [0.29, 0.717) is 0 Å². The molecule has 3 nitrogen and oxygen atoms in total. The molecule has 0 radical (unpaired) electrons. The van der Waals surface area contributed by atoms with E-state index in [1.807, 2.05) is 24.3 Å². The summed E-state index contributed by atoms with van der Waals surface area (Å²) in [6.45, 7) is 2.78. The fourth-order valence-electron chi connectivity index (χ4n) is 1.23. The van der Waals surface area contributed by atoms with Crippen molar-refractivity contribution in [1.82, 2.24) is 4.90 Å². The number of hydrogen-bond donors (Lipinski definition) is 0. The first-order valence-corrected chi connectivity index (χ1v) is 3.78. The summed E-state index contributed by atoms with van der Waals surface area (Å²) < 4.78 is 0. The van der Waals surface area contributed by atoms with Crippen LogP contribution in [0.15, 0.2) is 24.3 Å². The molecule has 0 aromatic carbocycles. The van der Waals surface area contributed by atoms with Crippen LogP contribution in [0.4, 0.5) is 0 Å². The lowest BCUT2D eigenvalue weighted by Gasteiger charge is -2.21. The monoisotopic (exact) mass is 165 g/mol. The lowest BCUT2D eigenvalue weighted by molar-refractivity contribution is -0.142. The van der Waals surface area contributed by atoms with Gasteiger partial charge in [-0.1, -0.05) is 24.3 Å². The Balaban J connectivity index is 2.79. The van der Waals surface area contributed by atoms with Gasteiger partial charge in [0.1, 0.15) is 0 Å². The minimum Gasteiger partial charge on any atom is -0.275 e. The van der Waals surface area contributed by atoms with Crippen molar-refractivity contribution >= 4 is 11.8 Å². The van der Waals surface area contributed by atoms with Crippen LogP contribution in [0.25, 0.3) is 0 Å². The molecule has 12 heavy (non-hydrogen) atoms. The van der Waals surface area contributed by atoms with Gasteiger partial charge in [-0.25, -0.2) is 0 Å². The van der Waals surface area contributed by atoms with Crippen LogP contribution in [0.3, 0.4) is 0 Å². The second-order valence-corrected chi connectivity index (χ2v) is 2.67. The number of carbonyl (C=O) groups excluding carboxylic acids is 2. The second kappa shape index (κ2) is 3.34. The fourth-order valence-corrected chi connectivity index (χ4v) is 1.23. The van der Waals surface area contributed by atoms with E-state index in [-0.39, 0.29) is 17.9 Å². The molecule has 0 N–H and O–H groups in total. The fraction of sp³-hybridized carbons (Fsp3) is 0.333. The number of imide groups is 1. The molecule has 0 heterocycles. The molecule has 0 saturated carbocycles. The predicted molar refractivity (Wildman–Crippen MR) is 45.3 cm³/mol. The van der Waals surface area contributed by atoms with Crippen LogP contribution < -0.4 is 0 Å². The maximum absolute atomic E-state index is 11.0. The third kappa shape index (κ3) is 1.61. The van der Waals surface area contributed by atoms with Gasteiger partial charge in [-0.2, -0.15) is 0 Å². The third-order valence-electron chi connectivity index (χ3n) is 1.70. The molecule has 2 amide bonds. The zero-order valence-electron chi connectivity index (χ0n) is 7.15. The van der Waals surface area contributed by atoms with E-state index in [9.17, 15) is 9.59 Å². The highest BCUT2D eigenvalue weighted by molar-refractivity contribution is 5.94. The molecule has 1 aliphatic carbocycles. The van der Waals surface area contributed by atoms with E-state index in [1.165, 1.54) is 18.7 Å². The van der Waals surface area contributed by atoms with Crippen LogP contribution in [-0.2, 0) is 9.59 Å². The first-order valence-electron chi connectivity index (χ1n) is 3.78. The first-order chi connectivity index (χ1) is 5.63. The maximum atomic E-state index is 11.0. The molecule has 0 aromatic heterocycles. The van der Waals surface area contributed by atoms with E-state index >= 15 is 0 Å². The second-order valence-electron chi connectivity index (χ2n) is 2.67. The topological polar surface area (TPSA) is 37.4 Å². The smallest absolute Gasteiger partial charge is 0.226 e. The van der Waals surface area contributed by atoms with Crippen LogP contribution in [0, 0.1) is 0 Å². The zero-order valence-corrected chi connectivity index (χ0v) is 7.15. The average Bonchev–Trinajstić information content (AvgIpc) is 2.37. The van der Waals surface area contributed by atoms with Crippen LogP contribution in [0.2, 0.25) is 0 Å². The van der Waals surface area contributed by atoms with Crippen molar-refractivity contribution in [2.45, 2.75) is 19.9 Å². The molecule has 1 rings (SSSR count). The Labute approximate surface area is 71.4 Å². The molecule has 0 aliphatic heterocycles. The molecule has 0 spiro atoms. The van der Waals surface area contributed by atoms with Gasteiger partial charge in [-0.3, -0.25) is 14.5 Å². The van der Waals surface area contributed by atoms with Crippen molar-refractivity contribution in [2.75, 3.05) is 0 Å². The average molecular weight is 165 g/mol. The molecular weight excluding hydrogens is 154 g/mol. The van der Waals surface area contributed by atoms with Gasteiger partial charge in [-0.05, 0) is 0 Å². The Morgan fingerprint density at radius 1 is 1.08 bits per heavy atom. The Morgan fingerprint density at radius 3 is 1.83 bits per heavy atom. The number of rotatable bonds is 1. The summed E-state index contributed by atoms with van der Waals surface area (Å²) in [6, 6.07) is -0.181. The van der Waals surface area contributed by atoms with Gasteiger partial charge in [0.15, 0.2) is 0 Å². The number of carbonyl (C=O) groups is 2. The van der Waals surface area contributed by atoms with Crippen LogP contribution in [0.5, 0.6) is 0 Å². The highest BCUT2D eigenvalue weighted by atomic mass is 16.2. The summed E-state index contributed by atoms with van der Waals surface area (Å²) >= 11 is 0. The lowest BCUT2D eigenvalue weighted by atomic mass is 10.2. The van der Waals surface area contributed by atoms with Crippen molar-refractivity contribution in [1.29, 1.82) is 0 Å². The van der Waals surface area contributed by atoms with Gasteiger partial charge in [0, 0.05) is 13.8 Å². The van der Waals surface area contributed by atoms with Gasteiger partial charge >= 0.3 is 0 Å². The molecule has 3 heteroatoms. The van der Waals surface area contributed by atoms with Crippen molar-refractivity contribution < 1.29 is 9.59 Å². The first kappa shape index (κ1) is 8.71. The van der Waals surface area contributed by atoms with E-state index in [4.69, 9.17) is 0 Å². The van der Waals surface area contributed by atoms with Gasteiger partial charge in [0.25, 0.3) is 0 Å². The molecule has 64 valence electrons. The van der Waals surface area contributed by atoms with Gasteiger partial charge in [0.2, 0.25) is 11.8 Å². The quantitative estimate of drug-likeness (QED) is 0.578. The molecule has 0 bridgehead atoms.